The standard InChI is InChI=1S/C24H40FN5O3Si2/c1-13(2)34(14(3)4)31-10-18-17(9)21(30-12-29-20-23(26)27-11-28-24(20)30)19(25)22(18)32-35(33-34,15(5)6)16(7)8/h11-16,18-19,21-22H,9-10H2,1-8H3,(H2,26,27,28)/t18-,19-,21+,22?/m0/s1. The highest BCUT2D eigenvalue weighted by molar-refractivity contribution is 6.84. The third kappa shape index (κ3) is 3.99. The molecule has 1 aliphatic heterocycles. The minimum Gasteiger partial charge on any atom is -0.414 e. The highest BCUT2D eigenvalue weighted by atomic mass is 28.5. The van der Waals surface area contributed by atoms with Crippen molar-refractivity contribution < 1.29 is 17.4 Å². The summed E-state index contributed by atoms with van der Waals surface area (Å²) in [5.41, 5.74) is 8.34. The molecule has 8 nitrogen and oxygen atoms in total. The molecular formula is C24H40FN5O3Si2. The van der Waals surface area contributed by atoms with Gasteiger partial charge in [0.25, 0.3) is 0 Å². The number of aromatic nitrogens is 4. The monoisotopic (exact) mass is 521 g/mol. The van der Waals surface area contributed by atoms with Gasteiger partial charge in [0.05, 0.1) is 18.5 Å². The molecule has 2 aromatic rings. The number of anilines is 1. The molecule has 0 radical (unpaired) electrons. The number of hydrogen-bond acceptors (Lipinski definition) is 7. The van der Waals surface area contributed by atoms with E-state index in [0.29, 0.717) is 17.8 Å². The zero-order valence-electron chi connectivity index (χ0n) is 22.2. The molecule has 4 atom stereocenters. The lowest BCUT2D eigenvalue weighted by atomic mass is 10.0. The van der Waals surface area contributed by atoms with Gasteiger partial charge in [-0.05, 0) is 27.7 Å². The summed E-state index contributed by atoms with van der Waals surface area (Å²) in [6.45, 7) is 22.0. The van der Waals surface area contributed by atoms with Crippen molar-refractivity contribution in [2.24, 2.45) is 5.92 Å². The Morgan fingerprint density at radius 1 is 1.00 bits per heavy atom. The van der Waals surface area contributed by atoms with Gasteiger partial charge in [0.15, 0.2) is 17.6 Å². The Balaban J connectivity index is 1.83. The van der Waals surface area contributed by atoms with Crippen LogP contribution in [-0.4, -0.2) is 55.5 Å². The predicted molar refractivity (Wildman–Crippen MR) is 140 cm³/mol. The number of alkyl halides is 1. The zero-order valence-corrected chi connectivity index (χ0v) is 24.2. The third-order valence-corrected chi connectivity index (χ3v) is 18.2. The number of rotatable bonds is 5. The smallest absolute Gasteiger partial charge is 0.335 e. The molecule has 4 rings (SSSR count). The van der Waals surface area contributed by atoms with E-state index in [2.05, 4.69) is 76.9 Å². The quantitative estimate of drug-likeness (QED) is 0.414. The van der Waals surface area contributed by atoms with E-state index in [1.54, 1.807) is 10.9 Å². The average molecular weight is 522 g/mol. The summed E-state index contributed by atoms with van der Waals surface area (Å²) >= 11 is 0. The van der Waals surface area contributed by atoms with Crippen LogP contribution in [0.5, 0.6) is 0 Å². The molecule has 0 amide bonds. The molecule has 11 heteroatoms. The fourth-order valence-corrected chi connectivity index (χ4v) is 17.2. The molecule has 0 bridgehead atoms. The van der Waals surface area contributed by atoms with E-state index in [1.807, 2.05) is 0 Å². The molecule has 0 aromatic carbocycles. The Morgan fingerprint density at radius 2 is 1.60 bits per heavy atom. The highest BCUT2D eigenvalue weighted by Gasteiger charge is 2.62. The lowest BCUT2D eigenvalue weighted by Gasteiger charge is -2.51. The molecule has 3 heterocycles. The first kappa shape index (κ1) is 26.4. The first-order valence-electron chi connectivity index (χ1n) is 12.6. The Kier molecular flexibility index (Phi) is 7.04. The van der Waals surface area contributed by atoms with E-state index in [4.69, 9.17) is 18.7 Å². The van der Waals surface area contributed by atoms with Crippen LogP contribution in [0.4, 0.5) is 10.2 Å². The van der Waals surface area contributed by atoms with Crippen LogP contribution in [0, 0.1) is 5.92 Å². The molecule has 1 unspecified atom stereocenters. The minimum atomic E-state index is -2.93. The fraction of sp³-hybridized carbons (Fsp3) is 0.708. The fourth-order valence-electron chi connectivity index (χ4n) is 5.94. The molecule has 2 N–H and O–H groups in total. The van der Waals surface area contributed by atoms with Crippen molar-refractivity contribution in [3.05, 3.63) is 24.8 Å². The largest absolute Gasteiger partial charge is 0.414 e. The Morgan fingerprint density at radius 3 is 2.17 bits per heavy atom. The summed E-state index contributed by atoms with van der Waals surface area (Å²) in [7, 11) is -5.65. The minimum absolute atomic E-state index is 0.121. The third-order valence-electron chi connectivity index (χ3n) is 7.90. The molecule has 1 saturated heterocycles. The second-order valence-electron chi connectivity index (χ2n) is 11.2. The van der Waals surface area contributed by atoms with Gasteiger partial charge in [0.2, 0.25) is 0 Å². The van der Waals surface area contributed by atoms with Gasteiger partial charge in [-0.1, -0.05) is 62.0 Å². The van der Waals surface area contributed by atoms with Gasteiger partial charge in [0, 0.05) is 12.5 Å². The van der Waals surface area contributed by atoms with Crippen molar-refractivity contribution in [3.8, 4) is 0 Å². The summed E-state index contributed by atoms with van der Waals surface area (Å²) in [6.07, 6.45) is 0.876. The van der Waals surface area contributed by atoms with Gasteiger partial charge < -0.3 is 23.3 Å². The van der Waals surface area contributed by atoms with Crippen LogP contribution in [0.15, 0.2) is 24.8 Å². The molecule has 1 saturated carbocycles. The van der Waals surface area contributed by atoms with Crippen LogP contribution < -0.4 is 5.73 Å². The first-order chi connectivity index (χ1) is 16.4. The van der Waals surface area contributed by atoms with Gasteiger partial charge in [0.1, 0.15) is 11.8 Å². The summed E-state index contributed by atoms with van der Waals surface area (Å²) in [6, 6.07) is -0.689. The van der Waals surface area contributed by atoms with E-state index in [-0.39, 0.29) is 33.9 Å². The first-order valence-corrected chi connectivity index (χ1v) is 16.6. The lowest BCUT2D eigenvalue weighted by Crippen LogP contribution is -2.65. The van der Waals surface area contributed by atoms with Gasteiger partial charge in [-0.15, -0.1) is 0 Å². The molecule has 2 aliphatic rings. The number of hydrogen-bond donors (Lipinski definition) is 1. The molecular weight excluding hydrogens is 481 g/mol. The van der Waals surface area contributed by atoms with Crippen molar-refractivity contribution in [3.63, 3.8) is 0 Å². The van der Waals surface area contributed by atoms with Crippen LogP contribution in [0.25, 0.3) is 11.2 Å². The topological polar surface area (TPSA) is 97.3 Å². The summed E-state index contributed by atoms with van der Waals surface area (Å²) < 4.78 is 39.2. The van der Waals surface area contributed by atoms with Gasteiger partial charge in [-0.2, -0.15) is 0 Å². The van der Waals surface area contributed by atoms with E-state index < -0.39 is 35.4 Å². The number of imidazole rings is 1. The van der Waals surface area contributed by atoms with Crippen LogP contribution in [-0.2, 0) is 13.0 Å². The number of nitrogens with two attached hydrogens (primary N) is 1. The maximum absolute atomic E-state index is 16.5. The molecule has 35 heavy (non-hydrogen) atoms. The molecule has 2 fully saturated rings. The van der Waals surface area contributed by atoms with Gasteiger partial charge >= 0.3 is 17.1 Å². The van der Waals surface area contributed by atoms with E-state index in [9.17, 15) is 0 Å². The average Bonchev–Trinajstić information content (AvgIpc) is 3.27. The number of fused-ring (bicyclic) bond motifs is 2. The van der Waals surface area contributed by atoms with Crippen LogP contribution in [0.3, 0.4) is 0 Å². The van der Waals surface area contributed by atoms with Crippen molar-refractivity contribution in [2.75, 3.05) is 12.3 Å². The Hall–Kier alpha value is -1.67. The molecule has 194 valence electrons. The van der Waals surface area contributed by atoms with Crippen molar-refractivity contribution >= 4 is 34.1 Å². The van der Waals surface area contributed by atoms with Crippen molar-refractivity contribution in [1.29, 1.82) is 0 Å². The maximum atomic E-state index is 16.5. The van der Waals surface area contributed by atoms with Crippen molar-refractivity contribution in [2.45, 2.75) is 95.9 Å². The zero-order chi connectivity index (χ0) is 25.9. The molecule has 2 aromatic heterocycles. The number of halogens is 1. The number of nitrogens with zero attached hydrogens (tertiary/aromatic N) is 4. The Labute approximate surface area is 210 Å². The number of nitrogen functional groups attached to an aromatic ring is 1. The van der Waals surface area contributed by atoms with Crippen LogP contribution in [0.1, 0.15) is 61.4 Å². The molecule has 1 aliphatic carbocycles. The van der Waals surface area contributed by atoms with E-state index in [1.165, 1.54) is 6.33 Å². The van der Waals surface area contributed by atoms with Gasteiger partial charge in [-0.3, -0.25) is 0 Å². The normalized spacial score (nSPS) is 28.8. The van der Waals surface area contributed by atoms with E-state index >= 15 is 4.39 Å². The van der Waals surface area contributed by atoms with E-state index in [0.717, 1.165) is 5.57 Å². The summed E-state index contributed by atoms with van der Waals surface area (Å²) in [5, 5.41) is 0. The second kappa shape index (κ2) is 9.33. The predicted octanol–water partition coefficient (Wildman–Crippen LogP) is 5.43. The maximum Gasteiger partial charge on any atom is 0.335 e. The lowest BCUT2D eigenvalue weighted by molar-refractivity contribution is 0.00846. The molecule has 0 spiro atoms. The highest BCUT2D eigenvalue weighted by Crippen LogP contribution is 2.52. The van der Waals surface area contributed by atoms with Crippen LogP contribution >= 0.6 is 0 Å². The Bertz CT molecular complexity index is 1080. The SMILES string of the molecule is C=C1[C@@H](n2cnc3c(N)ncnc32)[C@H](F)C2O[Si](C(C)C)(C(C)C)O[Si](C(C)C)(C(C)C)OC[C@@H]12. The van der Waals surface area contributed by atoms with Crippen molar-refractivity contribution in [1.82, 2.24) is 19.5 Å². The second-order valence-corrected chi connectivity index (χ2v) is 20.1. The summed E-state index contributed by atoms with van der Waals surface area (Å²) in [4.78, 5) is 12.7. The summed E-state index contributed by atoms with van der Waals surface area (Å²) in [5.74, 6) is -0.0354. The van der Waals surface area contributed by atoms with Crippen LogP contribution in [0.2, 0.25) is 22.2 Å². The van der Waals surface area contributed by atoms with Gasteiger partial charge in [-0.25, -0.2) is 19.3 Å².